The molecular formula is C63H108O6. The molecule has 0 aliphatic heterocycles. The number of hydrogen-bond donors (Lipinski definition) is 0. The number of rotatable bonds is 52. The first-order chi connectivity index (χ1) is 34.0. The lowest BCUT2D eigenvalue weighted by Gasteiger charge is -2.18. The molecule has 0 aromatic carbocycles. The number of unbranched alkanes of at least 4 members (excludes halogenated alkanes) is 27. The van der Waals surface area contributed by atoms with Crippen LogP contribution >= 0.6 is 0 Å². The second-order valence-electron chi connectivity index (χ2n) is 19.2. The molecule has 0 aromatic rings. The molecule has 69 heavy (non-hydrogen) atoms. The summed E-state index contributed by atoms with van der Waals surface area (Å²) in [6, 6.07) is 0. The van der Waals surface area contributed by atoms with Gasteiger partial charge in [0.25, 0.3) is 0 Å². The molecule has 6 heteroatoms. The average molecular weight is 962 g/mol. The molecule has 0 amide bonds. The molecule has 1 atom stereocenters. The number of carbonyl (C=O) groups is 3. The third-order valence-electron chi connectivity index (χ3n) is 12.4. The third kappa shape index (κ3) is 55.4. The molecule has 0 N–H and O–H groups in total. The Bertz CT molecular complexity index is 1330. The van der Waals surface area contributed by atoms with Gasteiger partial charge in [0.15, 0.2) is 6.10 Å². The van der Waals surface area contributed by atoms with Gasteiger partial charge in [0, 0.05) is 19.3 Å². The van der Waals surface area contributed by atoms with Crippen LogP contribution in [0.5, 0.6) is 0 Å². The molecule has 6 nitrogen and oxygen atoms in total. The van der Waals surface area contributed by atoms with Crippen LogP contribution in [0.1, 0.15) is 278 Å². The fraction of sp³-hybridized carbons (Fsp3) is 0.730. The van der Waals surface area contributed by atoms with Crippen LogP contribution in [0.4, 0.5) is 0 Å². The highest BCUT2D eigenvalue weighted by Gasteiger charge is 2.19. The first kappa shape index (κ1) is 65.6. The number of hydrogen-bond acceptors (Lipinski definition) is 6. The molecule has 396 valence electrons. The lowest BCUT2D eigenvalue weighted by molar-refractivity contribution is -0.167. The summed E-state index contributed by atoms with van der Waals surface area (Å²) < 4.78 is 16.8. The van der Waals surface area contributed by atoms with Crippen LogP contribution in [0.15, 0.2) is 85.1 Å². The Hall–Kier alpha value is -3.41. The largest absolute Gasteiger partial charge is 0.462 e. The van der Waals surface area contributed by atoms with E-state index >= 15 is 0 Å². The second kappa shape index (κ2) is 57.2. The Labute approximate surface area is 426 Å². The molecule has 0 saturated heterocycles. The van der Waals surface area contributed by atoms with Gasteiger partial charge in [-0.2, -0.15) is 0 Å². The third-order valence-corrected chi connectivity index (χ3v) is 12.4. The first-order valence-corrected chi connectivity index (χ1v) is 29.1. The van der Waals surface area contributed by atoms with Crippen LogP contribution in [0, 0.1) is 0 Å². The van der Waals surface area contributed by atoms with Gasteiger partial charge in [-0.1, -0.05) is 254 Å². The average Bonchev–Trinajstić information content (AvgIpc) is 3.35. The van der Waals surface area contributed by atoms with Gasteiger partial charge in [0.05, 0.1) is 0 Å². The predicted octanol–water partition coefficient (Wildman–Crippen LogP) is 19.5. The Morgan fingerprint density at radius 3 is 0.942 bits per heavy atom. The summed E-state index contributed by atoms with van der Waals surface area (Å²) in [6.45, 7) is 6.48. The molecule has 0 aromatic heterocycles. The summed E-state index contributed by atoms with van der Waals surface area (Å²) in [5.41, 5.74) is 0. The summed E-state index contributed by atoms with van der Waals surface area (Å²) in [6.07, 6.45) is 74.4. The maximum absolute atomic E-state index is 12.9. The maximum Gasteiger partial charge on any atom is 0.306 e. The minimum atomic E-state index is -0.806. The molecule has 0 radical (unpaired) electrons. The van der Waals surface area contributed by atoms with E-state index in [0.717, 1.165) is 96.3 Å². The summed E-state index contributed by atoms with van der Waals surface area (Å²) in [4.78, 5) is 38.2. The minimum absolute atomic E-state index is 0.103. The molecule has 0 bridgehead atoms. The van der Waals surface area contributed by atoms with Crippen molar-refractivity contribution in [2.24, 2.45) is 0 Å². The topological polar surface area (TPSA) is 78.9 Å². The van der Waals surface area contributed by atoms with Crippen LogP contribution < -0.4 is 0 Å². The van der Waals surface area contributed by atoms with Crippen molar-refractivity contribution < 1.29 is 28.6 Å². The van der Waals surface area contributed by atoms with Crippen LogP contribution in [-0.4, -0.2) is 37.2 Å². The molecule has 0 aliphatic carbocycles. The van der Waals surface area contributed by atoms with Gasteiger partial charge < -0.3 is 14.2 Å². The van der Waals surface area contributed by atoms with E-state index in [1.54, 1.807) is 0 Å². The Balaban J connectivity index is 4.48. The standard InChI is InChI=1S/C63H108O6/c1-4-7-10-13-16-19-22-25-28-31-34-37-40-43-46-49-52-55-61(64)67-58-60(69-63(66)57-54-51-48-45-42-39-36-33-30-27-24-21-18-15-12-9-6-3)59-68-62(65)56-53-50-47-44-41-38-35-32-29-26-23-20-17-14-11-8-5-2/h7,10,16,19,25-26,28-29,34-35,37-38,44,47,60H,4-6,8-9,11-15,17-18,20-24,27,30-33,36,39-43,45-46,48-59H2,1-3H3/b10-7-,19-16-,28-25-,29-26-,37-34-,38-35-,47-44-/t60-/m1/s1. The first-order valence-electron chi connectivity index (χ1n) is 29.1. The van der Waals surface area contributed by atoms with Gasteiger partial charge in [-0.25, -0.2) is 0 Å². The highest BCUT2D eigenvalue weighted by atomic mass is 16.6. The molecule has 0 aliphatic rings. The van der Waals surface area contributed by atoms with Crippen molar-refractivity contribution in [3.8, 4) is 0 Å². The van der Waals surface area contributed by atoms with Crippen molar-refractivity contribution in [1.82, 2.24) is 0 Å². The molecule has 0 heterocycles. The maximum atomic E-state index is 12.9. The van der Waals surface area contributed by atoms with Gasteiger partial charge in [-0.05, 0) is 89.9 Å². The fourth-order valence-corrected chi connectivity index (χ4v) is 8.04. The van der Waals surface area contributed by atoms with Crippen molar-refractivity contribution >= 4 is 17.9 Å². The summed E-state index contributed by atoms with van der Waals surface area (Å²) >= 11 is 0. The Morgan fingerprint density at radius 2 is 0.580 bits per heavy atom. The van der Waals surface area contributed by atoms with Gasteiger partial charge in [0.2, 0.25) is 0 Å². The summed E-state index contributed by atoms with van der Waals surface area (Å²) in [5, 5.41) is 0. The van der Waals surface area contributed by atoms with E-state index in [0.29, 0.717) is 19.3 Å². The van der Waals surface area contributed by atoms with Crippen LogP contribution in [0.2, 0.25) is 0 Å². The van der Waals surface area contributed by atoms with Crippen LogP contribution in [-0.2, 0) is 28.6 Å². The van der Waals surface area contributed by atoms with E-state index in [1.165, 1.54) is 135 Å². The van der Waals surface area contributed by atoms with Gasteiger partial charge in [0.1, 0.15) is 13.2 Å². The van der Waals surface area contributed by atoms with E-state index < -0.39 is 6.10 Å². The van der Waals surface area contributed by atoms with Crippen LogP contribution in [0.25, 0.3) is 0 Å². The molecule has 0 spiro atoms. The highest BCUT2D eigenvalue weighted by Crippen LogP contribution is 2.16. The SMILES string of the molecule is CC/C=C\C/C=C\C/C=C\C/C=C\CCCCCCC(=O)OC[C@H](COC(=O)CCC/C=C\C/C=C\C/C=C\CCCCCCCC)OC(=O)CCCCCCCCCCCCCCCCCCC. The molecule has 0 saturated carbocycles. The number of esters is 3. The van der Waals surface area contributed by atoms with E-state index in [2.05, 4.69) is 106 Å². The fourth-order valence-electron chi connectivity index (χ4n) is 8.04. The Kier molecular flexibility index (Phi) is 54.3. The van der Waals surface area contributed by atoms with Gasteiger partial charge >= 0.3 is 17.9 Å². The zero-order valence-electron chi connectivity index (χ0n) is 45.3. The smallest absolute Gasteiger partial charge is 0.306 e. The van der Waals surface area contributed by atoms with E-state index in [-0.39, 0.29) is 37.5 Å². The number of ether oxygens (including phenoxy) is 3. The van der Waals surface area contributed by atoms with Gasteiger partial charge in [-0.15, -0.1) is 0 Å². The lowest BCUT2D eigenvalue weighted by Crippen LogP contribution is -2.30. The second-order valence-corrected chi connectivity index (χ2v) is 19.2. The van der Waals surface area contributed by atoms with Crippen molar-refractivity contribution in [2.75, 3.05) is 13.2 Å². The van der Waals surface area contributed by atoms with Crippen LogP contribution in [0.3, 0.4) is 0 Å². The number of carbonyl (C=O) groups excluding carboxylic acids is 3. The summed E-state index contributed by atoms with van der Waals surface area (Å²) in [7, 11) is 0. The minimum Gasteiger partial charge on any atom is -0.462 e. The molecule has 0 rings (SSSR count). The van der Waals surface area contributed by atoms with Crippen molar-refractivity contribution in [1.29, 1.82) is 0 Å². The van der Waals surface area contributed by atoms with Crippen molar-refractivity contribution in [3.05, 3.63) is 85.1 Å². The van der Waals surface area contributed by atoms with E-state index in [4.69, 9.17) is 14.2 Å². The quantitative estimate of drug-likeness (QED) is 0.0262. The zero-order valence-corrected chi connectivity index (χ0v) is 45.3. The highest BCUT2D eigenvalue weighted by molar-refractivity contribution is 5.71. The summed E-state index contributed by atoms with van der Waals surface area (Å²) in [5.74, 6) is -0.970. The van der Waals surface area contributed by atoms with E-state index in [9.17, 15) is 14.4 Å². The van der Waals surface area contributed by atoms with Crippen molar-refractivity contribution in [2.45, 2.75) is 284 Å². The molecule has 0 fully saturated rings. The monoisotopic (exact) mass is 961 g/mol. The zero-order chi connectivity index (χ0) is 50.0. The number of allylic oxidation sites excluding steroid dienone is 14. The normalized spacial score (nSPS) is 12.7. The van der Waals surface area contributed by atoms with Crippen molar-refractivity contribution in [3.63, 3.8) is 0 Å². The molecule has 0 unspecified atom stereocenters. The Morgan fingerprint density at radius 1 is 0.304 bits per heavy atom. The van der Waals surface area contributed by atoms with Gasteiger partial charge in [-0.3, -0.25) is 14.4 Å². The van der Waals surface area contributed by atoms with E-state index in [1.807, 2.05) is 0 Å². The lowest BCUT2D eigenvalue weighted by atomic mass is 10.0. The predicted molar refractivity (Wildman–Crippen MR) is 297 cm³/mol. The molecular weight excluding hydrogens is 853 g/mol.